The third-order valence-corrected chi connectivity index (χ3v) is 6.15. The van der Waals surface area contributed by atoms with E-state index in [-0.39, 0.29) is 49.5 Å². The second-order valence-corrected chi connectivity index (χ2v) is 8.47. The summed E-state index contributed by atoms with van der Waals surface area (Å²) in [5.74, 6) is -0.123. The van der Waals surface area contributed by atoms with E-state index >= 15 is 0 Å². The monoisotopic (exact) mass is 434 g/mol. The minimum Gasteiger partial charge on any atom is -0.491 e. The Hall–Kier alpha value is -2.45. The van der Waals surface area contributed by atoms with Crippen LogP contribution in [0.1, 0.15) is 30.3 Å². The molecule has 0 spiro atoms. The van der Waals surface area contributed by atoms with Gasteiger partial charge in [0.1, 0.15) is 31.3 Å². The number of carbonyl (C=O) groups is 2. The average Bonchev–Trinajstić information content (AvgIpc) is 3.20. The lowest BCUT2D eigenvalue weighted by Crippen LogP contribution is -2.50. The second-order valence-electron chi connectivity index (χ2n) is 7.47. The Morgan fingerprint density at radius 1 is 1.27 bits per heavy atom. The number of ether oxygens (including phenoxy) is 2. The zero-order valence-corrected chi connectivity index (χ0v) is 18.3. The molecule has 0 radical (unpaired) electrons. The van der Waals surface area contributed by atoms with Crippen molar-refractivity contribution in [3.8, 4) is 5.75 Å². The van der Waals surface area contributed by atoms with Gasteiger partial charge in [0, 0.05) is 24.6 Å². The lowest BCUT2D eigenvalue weighted by molar-refractivity contribution is -0.146. The summed E-state index contributed by atoms with van der Waals surface area (Å²) in [6, 6.07) is 7.48. The molecule has 8 heteroatoms. The highest BCUT2D eigenvalue weighted by Crippen LogP contribution is 2.34. The molecule has 0 N–H and O–H groups in total. The Kier molecular flexibility index (Phi) is 7.44. The Labute approximate surface area is 180 Å². The van der Waals surface area contributed by atoms with Gasteiger partial charge in [-0.2, -0.15) is 0 Å². The number of fused-ring (bicyclic) bond motifs is 1. The van der Waals surface area contributed by atoms with Crippen LogP contribution in [0.5, 0.6) is 5.75 Å². The summed E-state index contributed by atoms with van der Waals surface area (Å²) in [5, 5.41) is 2.02. The first-order valence-corrected chi connectivity index (χ1v) is 10.8. The van der Waals surface area contributed by atoms with Crippen LogP contribution in [0.4, 0.5) is 4.39 Å². The summed E-state index contributed by atoms with van der Waals surface area (Å²) >= 11 is 1.67. The third kappa shape index (κ3) is 5.17. The van der Waals surface area contributed by atoms with E-state index in [1.54, 1.807) is 28.4 Å². The molecule has 1 aliphatic heterocycles. The maximum absolute atomic E-state index is 13.2. The van der Waals surface area contributed by atoms with Crippen LogP contribution >= 0.6 is 11.3 Å². The summed E-state index contributed by atoms with van der Waals surface area (Å²) < 4.78 is 24.0. The summed E-state index contributed by atoms with van der Waals surface area (Å²) in [7, 11) is 1.46. The van der Waals surface area contributed by atoms with Crippen molar-refractivity contribution in [1.29, 1.82) is 0 Å². The van der Waals surface area contributed by atoms with Crippen molar-refractivity contribution >= 4 is 23.2 Å². The molecule has 0 fully saturated rings. The first-order chi connectivity index (χ1) is 14.4. The van der Waals surface area contributed by atoms with Crippen LogP contribution in [0.2, 0.25) is 0 Å². The topological polar surface area (TPSA) is 59.1 Å². The maximum atomic E-state index is 13.2. The molecule has 1 aromatic carbocycles. The molecule has 2 aromatic rings. The molecule has 1 atom stereocenters. The number of rotatable bonds is 8. The van der Waals surface area contributed by atoms with Gasteiger partial charge in [-0.3, -0.25) is 9.59 Å². The van der Waals surface area contributed by atoms with Gasteiger partial charge in [-0.1, -0.05) is 0 Å². The number of nitrogens with zero attached hydrogens (tertiary/aromatic N) is 2. The van der Waals surface area contributed by atoms with Gasteiger partial charge in [-0.05, 0) is 61.5 Å². The lowest BCUT2D eigenvalue weighted by Gasteiger charge is -2.37. The van der Waals surface area contributed by atoms with Crippen LogP contribution in [-0.2, 0) is 20.7 Å². The van der Waals surface area contributed by atoms with Gasteiger partial charge in [0.15, 0.2) is 0 Å². The van der Waals surface area contributed by atoms with Gasteiger partial charge >= 0.3 is 0 Å². The number of methoxy groups -OCH3 is 1. The normalized spacial score (nSPS) is 15.8. The van der Waals surface area contributed by atoms with Crippen LogP contribution in [0.3, 0.4) is 0 Å². The molecular weight excluding hydrogens is 407 g/mol. The molecule has 0 aliphatic carbocycles. The van der Waals surface area contributed by atoms with Crippen molar-refractivity contribution in [2.75, 3.05) is 33.4 Å². The standard InChI is InChI=1S/C22H27FN2O4S/c1-15(2)25(22(27)14-28-3)12-21(26)24-10-8-20-18(9-11-30-20)19(24)13-29-17-6-4-16(23)5-7-17/h4-7,9,11,15,19H,8,10,12-14H2,1-3H3/t19-/m1/s1. The molecule has 0 unspecified atom stereocenters. The van der Waals surface area contributed by atoms with E-state index in [0.29, 0.717) is 12.3 Å². The summed E-state index contributed by atoms with van der Waals surface area (Å²) in [6.07, 6.45) is 0.777. The molecule has 1 aliphatic rings. The molecule has 1 aromatic heterocycles. The first-order valence-electron chi connectivity index (χ1n) is 9.93. The molecule has 0 bridgehead atoms. The summed E-state index contributed by atoms with van der Waals surface area (Å²) in [5.41, 5.74) is 1.07. The van der Waals surface area contributed by atoms with Crippen molar-refractivity contribution in [3.63, 3.8) is 0 Å². The molecule has 162 valence electrons. The van der Waals surface area contributed by atoms with Crippen LogP contribution in [-0.4, -0.2) is 61.1 Å². The second kappa shape index (κ2) is 10.0. The van der Waals surface area contributed by atoms with Gasteiger partial charge in [0.05, 0.1) is 6.04 Å². The molecule has 6 nitrogen and oxygen atoms in total. The Morgan fingerprint density at radius 2 is 2.00 bits per heavy atom. The van der Waals surface area contributed by atoms with E-state index in [1.807, 2.05) is 25.3 Å². The van der Waals surface area contributed by atoms with E-state index in [1.165, 1.54) is 29.0 Å². The molecule has 2 heterocycles. The van der Waals surface area contributed by atoms with Crippen LogP contribution < -0.4 is 4.74 Å². The van der Waals surface area contributed by atoms with Gasteiger partial charge in [-0.15, -0.1) is 11.3 Å². The number of hydrogen-bond acceptors (Lipinski definition) is 5. The quantitative estimate of drug-likeness (QED) is 0.640. The van der Waals surface area contributed by atoms with Gasteiger partial charge < -0.3 is 19.3 Å². The predicted octanol–water partition coefficient (Wildman–Crippen LogP) is 3.28. The number of hydrogen-bond donors (Lipinski definition) is 0. The highest BCUT2D eigenvalue weighted by molar-refractivity contribution is 7.10. The smallest absolute Gasteiger partial charge is 0.249 e. The fourth-order valence-corrected chi connectivity index (χ4v) is 4.51. The molecule has 0 saturated heterocycles. The zero-order chi connectivity index (χ0) is 21.7. The summed E-state index contributed by atoms with van der Waals surface area (Å²) in [6.45, 7) is 4.51. The Balaban J connectivity index is 1.76. The minimum atomic E-state index is -0.327. The maximum Gasteiger partial charge on any atom is 0.249 e. The highest BCUT2D eigenvalue weighted by Gasteiger charge is 2.33. The van der Waals surface area contributed by atoms with Crippen molar-refractivity contribution < 1.29 is 23.5 Å². The van der Waals surface area contributed by atoms with E-state index in [9.17, 15) is 14.0 Å². The number of thiophene rings is 1. The third-order valence-electron chi connectivity index (χ3n) is 5.15. The first kappa shape index (κ1) is 22.2. The summed E-state index contributed by atoms with van der Waals surface area (Å²) in [4.78, 5) is 30.1. The molecule has 3 rings (SSSR count). The minimum absolute atomic E-state index is 0.00756. The SMILES string of the molecule is COCC(=O)N(CC(=O)N1CCc2sccc2[C@H]1COc1ccc(F)cc1)C(C)C. The number of amides is 2. The van der Waals surface area contributed by atoms with E-state index < -0.39 is 0 Å². The highest BCUT2D eigenvalue weighted by atomic mass is 32.1. The van der Waals surface area contributed by atoms with Gasteiger partial charge in [-0.25, -0.2) is 4.39 Å². The Bertz CT molecular complexity index is 868. The van der Waals surface area contributed by atoms with Crippen molar-refractivity contribution in [2.24, 2.45) is 0 Å². The number of carbonyl (C=O) groups excluding carboxylic acids is 2. The lowest BCUT2D eigenvalue weighted by atomic mass is 10.0. The number of benzene rings is 1. The number of halogens is 1. The van der Waals surface area contributed by atoms with E-state index in [0.717, 1.165) is 12.0 Å². The average molecular weight is 435 g/mol. The fraction of sp³-hybridized carbons (Fsp3) is 0.455. The van der Waals surface area contributed by atoms with Crippen LogP contribution in [0.25, 0.3) is 0 Å². The van der Waals surface area contributed by atoms with Gasteiger partial charge in [0.2, 0.25) is 11.8 Å². The van der Waals surface area contributed by atoms with Gasteiger partial charge in [0.25, 0.3) is 0 Å². The Morgan fingerprint density at radius 3 is 2.67 bits per heavy atom. The van der Waals surface area contributed by atoms with Crippen molar-refractivity contribution in [2.45, 2.75) is 32.4 Å². The van der Waals surface area contributed by atoms with E-state index in [2.05, 4.69) is 0 Å². The van der Waals surface area contributed by atoms with Crippen molar-refractivity contribution in [3.05, 3.63) is 52.0 Å². The van der Waals surface area contributed by atoms with Crippen LogP contribution in [0, 0.1) is 5.82 Å². The molecule has 2 amide bonds. The molecule has 30 heavy (non-hydrogen) atoms. The van der Waals surface area contributed by atoms with Crippen LogP contribution in [0.15, 0.2) is 35.7 Å². The van der Waals surface area contributed by atoms with Crippen molar-refractivity contribution in [1.82, 2.24) is 9.80 Å². The predicted molar refractivity (Wildman–Crippen MR) is 113 cm³/mol. The molecule has 0 saturated carbocycles. The fourth-order valence-electron chi connectivity index (χ4n) is 3.58. The van der Waals surface area contributed by atoms with E-state index in [4.69, 9.17) is 9.47 Å². The largest absolute Gasteiger partial charge is 0.491 e. The molecular formula is C22H27FN2O4S. The zero-order valence-electron chi connectivity index (χ0n) is 17.5.